The van der Waals surface area contributed by atoms with Gasteiger partial charge < -0.3 is 19.8 Å². The van der Waals surface area contributed by atoms with Crippen molar-refractivity contribution < 1.29 is 23.4 Å². The first-order valence-corrected chi connectivity index (χ1v) is 15.7. The van der Waals surface area contributed by atoms with Crippen molar-refractivity contribution in [3.05, 3.63) is 107 Å². The van der Waals surface area contributed by atoms with Gasteiger partial charge in [-0.25, -0.2) is 13.8 Å². The highest BCUT2D eigenvalue weighted by molar-refractivity contribution is 5.85. The smallest absolute Gasteiger partial charge is 0.303 e. The molecule has 3 N–H and O–H groups in total. The van der Waals surface area contributed by atoms with E-state index < -0.39 is 23.0 Å². The van der Waals surface area contributed by atoms with Crippen LogP contribution in [0.3, 0.4) is 0 Å². The van der Waals surface area contributed by atoms with Gasteiger partial charge in [-0.15, -0.1) is 10.2 Å². The molecule has 47 heavy (non-hydrogen) atoms. The Kier molecular flexibility index (Phi) is 8.00. The number of aromatic amines is 2. The van der Waals surface area contributed by atoms with Crippen molar-refractivity contribution in [2.45, 2.75) is 63.8 Å². The van der Waals surface area contributed by atoms with Gasteiger partial charge in [-0.2, -0.15) is 4.80 Å². The first-order chi connectivity index (χ1) is 22.8. The molecule has 0 radical (unpaired) electrons. The van der Waals surface area contributed by atoms with Gasteiger partial charge in [0.05, 0.1) is 12.1 Å². The van der Waals surface area contributed by atoms with Gasteiger partial charge in [0.2, 0.25) is 0 Å². The standard InChI is InChI=1S/C35H33F2N7O3/c1-35(22-7-5-6-21(16-22)9-12-32(45)46)14-4-2-3-8-31-41-43-44(42-31)20-26-24-13-15-38-29(24)18-28(37)33(26)47-23-10-11-27(36)25(17-23)34-39-19-30(35)40-34/h5-7,10-11,13,15-19,38H,2-4,8-9,12,14,20H2,1H3,(H,39,40)(H,45,46). The molecule has 10 nitrogen and oxygen atoms in total. The number of rotatable bonds is 4. The lowest BCUT2D eigenvalue weighted by Crippen LogP contribution is -2.24. The summed E-state index contributed by atoms with van der Waals surface area (Å²) in [6, 6.07) is 15.4. The van der Waals surface area contributed by atoms with Gasteiger partial charge in [0.25, 0.3) is 0 Å². The van der Waals surface area contributed by atoms with Gasteiger partial charge in [0.1, 0.15) is 17.4 Å². The van der Waals surface area contributed by atoms with E-state index in [1.165, 1.54) is 29.1 Å². The zero-order chi connectivity index (χ0) is 32.5. The summed E-state index contributed by atoms with van der Waals surface area (Å²) in [5.74, 6) is -0.817. The van der Waals surface area contributed by atoms with Gasteiger partial charge >= 0.3 is 5.97 Å². The molecule has 1 aliphatic heterocycles. The highest BCUT2D eigenvalue weighted by atomic mass is 19.1. The zero-order valence-electron chi connectivity index (χ0n) is 25.8. The minimum Gasteiger partial charge on any atom is -0.481 e. The van der Waals surface area contributed by atoms with Crippen LogP contribution in [0, 0.1) is 11.6 Å². The van der Waals surface area contributed by atoms with Crippen molar-refractivity contribution in [1.29, 1.82) is 0 Å². The van der Waals surface area contributed by atoms with Crippen molar-refractivity contribution >= 4 is 16.9 Å². The molecule has 0 amide bonds. The Balaban J connectivity index is 1.31. The van der Waals surface area contributed by atoms with E-state index in [-0.39, 0.29) is 30.0 Å². The highest BCUT2D eigenvalue weighted by Gasteiger charge is 2.31. The zero-order valence-corrected chi connectivity index (χ0v) is 25.8. The number of imidazole rings is 1. The lowest BCUT2D eigenvalue weighted by atomic mass is 9.75. The Morgan fingerprint density at radius 3 is 2.85 bits per heavy atom. The second-order valence-corrected chi connectivity index (χ2v) is 12.2. The summed E-state index contributed by atoms with van der Waals surface area (Å²) in [6.07, 6.45) is 7.89. The maximum Gasteiger partial charge on any atom is 0.303 e. The number of aliphatic carboxylic acids is 1. The summed E-state index contributed by atoms with van der Waals surface area (Å²) < 4.78 is 37.2. The molecule has 0 aliphatic carbocycles. The molecular formula is C35H33F2N7O3. The van der Waals surface area contributed by atoms with Gasteiger partial charge in [0.15, 0.2) is 17.4 Å². The lowest BCUT2D eigenvalue weighted by molar-refractivity contribution is -0.136. The van der Waals surface area contributed by atoms with Crippen molar-refractivity contribution in [3.63, 3.8) is 0 Å². The van der Waals surface area contributed by atoms with Gasteiger partial charge in [0, 0.05) is 58.9 Å². The highest BCUT2D eigenvalue weighted by Crippen LogP contribution is 2.39. The van der Waals surface area contributed by atoms with Crippen LogP contribution in [-0.2, 0) is 29.6 Å². The number of H-pyrrole nitrogens is 2. The van der Waals surface area contributed by atoms with Gasteiger partial charge in [-0.05, 0) is 66.8 Å². The molecule has 7 rings (SSSR count). The van der Waals surface area contributed by atoms with Gasteiger partial charge in [-0.3, -0.25) is 4.79 Å². The predicted octanol–water partition coefficient (Wildman–Crippen LogP) is 7.10. The second-order valence-electron chi connectivity index (χ2n) is 12.2. The van der Waals surface area contributed by atoms with Crippen molar-refractivity contribution in [2.75, 3.05) is 0 Å². The Hall–Kier alpha value is -5.39. The number of halogens is 2. The summed E-state index contributed by atoms with van der Waals surface area (Å²) in [5.41, 5.74) is 3.49. The van der Waals surface area contributed by atoms with Gasteiger partial charge in [-0.1, -0.05) is 37.1 Å². The summed E-state index contributed by atoms with van der Waals surface area (Å²) >= 11 is 0. The average molecular weight is 638 g/mol. The quantitative estimate of drug-likeness (QED) is 0.188. The molecule has 6 aromatic rings. The van der Waals surface area contributed by atoms with E-state index in [1.807, 2.05) is 30.3 Å². The van der Waals surface area contributed by atoms with Crippen LogP contribution in [0.25, 0.3) is 22.3 Å². The molecule has 0 saturated heterocycles. The molecule has 1 atom stereocenters. The summed E-state index contributed by atoms with van der Waals surface area (Å²) in [5, 5.41) is 23.0. The number of nitrogens with zero attached hydrogens (tertiary/aromatic N) is 5. The van der Waals surface area contributed by atoms with E-state index in [2.05, 4.69) is 37.3 Å². The molecule has 1 unspecified atom stereocenters. The first kappa shape index (κ1) is 30.3. The van der Waals surface area contributed by atoms with Crippen LogP contribution in [0.1, 0.15) is 67.2 Å². The van der Waals surface area contributed by atoms with Crippen molar-refractivity contribution in [2.24, 2.45) is 0 Å². The number of carboxylic acid groups (broad SMARTS) is 1. The third-order valence-electron chi connectivity index (χ3n) is 9.01. The average Bonchev–Trinajstić information content (AvgIpc) is 3.84. The third kappa shape index (κ3) is 6.10. The predicted molar refractivity (Wildman–Crippen MR) is 170 cm³/mol. The molecule has 0 spiro atoms. The fraction of sp³-hybridized carbons (Fsp3) is 0.286. The number of hydrogen-bond acceptors (Lipinski definition) is 6. The number of hydrogen-bond donors (Lipinski definition) is 3. The van der Waals surface area contributed by atoms with Crippen LogP contribution >= 0.6 is 0 Å². The fourth-order valence-corrected chi connectivity index (χ4v) is 6.38. The van der Waals surface area contributed by atoms with Crippen LogP contribution < -0.4 is 4.74 Å². The van der Waals surface area contributed by atoms with Crippen LogP contribution in [0.15, 0.2) is 67.0 Å². The number of aromatic nitrogens is 7. The molecule has 6 bridgehead atoms. The number of fused-ring (bicyclic) bond motifs is 10. The molecule has 0 fully saturated rings. The SMILES string of the molecule is CC1(c2cccc(CCC(=O)O)c2)CCCCCc2nnn(n2)Cc2c(c(F)cc3[nH]ccc23)Oc2ccc(F)c(c2)-c2ncc1[nH]2. The third-order valence-corrected chi connectivity index (χ3v) is 9.01. The minimum atomic E-state index is -0.849. The van der Waals surface area contributed by atoms with E-state index in [0.29, 0.717) is 35.6 Å². The maximum absolute atomic E-state index is 15.6. The second kappa shape index (κ2) is 12.4. The maximum atomic E-state index is 15.6. The summed E-state index contributed by atoms with van der Waals surface area (Å²) in [4.78, 5) is 23.7. The molecule has 4 heterocycles. The number of carboxylic acids is 1. The topological polar surface area (TPSA) is 135 Å². The van der Waals surface area contributed by atoms with Crippen molar-refractivity contribution in [3.8, 4) is 22.9 Å². The molecular weight excluding hydrogens is 604 g/mol. The van der Waals surface area contributed by atoms with E-state index >= 15 is 8.78 Å². The molecule has 240 valence electrons. The van der Waals surface area contributed by atoms with E-state index in [1.54, 1.807) is 12.4 Å². The van der Waals surface area contributed by atoms with Crippen LogP contribution in [-0.4, -0.2) is 46.2 Å². The Morgan fingerprint density at radius 1 is 1.09 bits per heavy atom. The number of tetrazole rings is 1. The van der Waals surface area contributed by atoms with E-state index in [4.69, 9.17) is 4.74 Å². The molecule has 3 aromatic heterocycles. The Morgan fingerprint density at radius 2 is 1.98 bits per heavy atom. The Labute approximate surface area is 268 Å². The number of aryl methyl sites for hydroxylation is 2. The fourth-order valence-electron chi connectivity index (χ4n) is 6.38. The number of benzene rings is 3. The minimum absolute atomic E-state index is 0.0121. The first-order valence-electron chi connectivity index (χ1n) is 15.7. The Bertz CT molecular complexity index is 2080. The molecule has 3 aromatic carbocycles. The lowest BCUT2D eigenvalue weighted by Gasteiger charge is -2.30. The monoisotopic (exact) mass is 637 g/mol. The normalized spacial score (nSPS) is 16.9. The summed E-state index contributed by atoms with van der Waals surface area (Å²) in [7, 11) is 0. The molecule has 1 aliphatic rings. The van der Waals surface area contributed by atoms with E-state index in [0.717, 1.165) is 47.9 Å². The largest absolute Gasteiger partial charge is 0.481 e. The number of nitrogens with one attached hydrogen (secondary N) is 2. The van der Waals surface area contributed by atoms with Crippen LogP contribution in [0.5, 0.6) is 11.5 Å². The number of carbonyl (C=O) groups is 1. The van der Waals surface area contributed by atoms with Crippen LogP contribution in [0.4, 0.5) is 8.78 Å². The summed E-state index contributed by atoms with van der Waals surface area (Å²) in [6.45, 7) is 2.24. The molecule has 12 heteroatoms. The van der Waals surface area contributed by atoms with Crippen molar-refractivity contribution in [1.82, 2.24) is 35.2 Å². The molecule has 0 saturated carbocycles. The van der Waals surface area contributed by atoms with E-state index in [9.17, 15) is 9.90 Å². The number of ether oxygens (including phenoxy) is 1. The van der Waals surface area contributed by atoms with Crippen LogP contribution in [0.2, 0.25) is 0 Å².